The Hall–Kier alpha value is -0.590. The van der Waals surface area contributed by atoms with Gasteiger partial charge in [0.1, 0.15) is 0 Å². The monoisotopic (exact) mass is 198 g/mol. The maximum absolute atomic E-state index is 8.59. The highest BCUT2D eigenvalue weighted by Gasteiger charge is 2.01. The Labute approximate surface area is 87.3 Å². The van der Waals surface area contributed by atoms with Crippen molar-refractivity contribution >= 4 is 0 Å². The summed E-state index contributed by atoms with van der Waals surface area (Å²) in [6.45, 7) is 5.03. The number of hydrogen-bond donors (Lipinski definition) is 1. The molecule has 0 aromatic rings. The minimum absolute atomic E-state index is 0.302. The fourth-order valence-electron chi connectivity index (χ4n) is 1.49. The standard InChI is InChI=1S/C11H22N2O/c1-2-8-13(10-7-12)9-5-3-4-6-11-14/h14H,2-6,8-11H2,1H3. The Kier molecular flexibility index (Phi) is 10.0. The van der Waals surface area contributed by atoms with E-state index in [1.165, 1.54) is 0 Å². The maximum Gasteiger partial charge on any atom is 0.0865 e. The van der Waals surface area contributed by atoms with Crippen molar-refractivity contribution in [3.8, 4) is 6.07 Å². The number of aliphatic hydroxyl groups is 1. The number of nitriles is 1. The Morgan fingerprint density at radius 1 is 1.14 bits per heavy atom. The van der Waals surface area contributed by atoms with E-state index >= 15 is 0 Å². The minimum Gasteiger partial charge on any atom is -0.396 e. The van der Waals surface area contributed by atoms with Crippen LogP contribution in [0.3, 0.4) is 0 Å². The summed E-state index contributed by atoms with van der Waals surface area (Å²) in [6.07, 6.45) is 5.42. The minimum atomic E-state index is 0.302. The van der Waals surface area contributed by atoms with E-state index in [4.69, 9.17) is 10.4 Å². The third kappa shape index (κ3) is 8.03. The first-order chi connectivity index (χ1) is 6.85. The van der Waals surface area contributed by atoms with Crippen LogP contribution in [0.15, 0.2) is 0 Å². The van der Waals surface area contributed by atoms with E-state index in [9.17, 15) is 0 Å². The van der Waals surface area contributed by atoms with Crippen molar-refractivity contribution in [3.63, 3.8) is 0 Å². The Balaban J connectivity index is 3.36. The van der Waals surface area contributed by atoms with Crippen LogP contribution in [-0.2, 0) is 0 Å². The van der Waals surface area contributed by atoms with E-state index in [-0.39, 0.29) is 0 Å². The third-order valence-electron chi connectivity index (χ3n) is 2.22. The molecule has 0 aliphatic rings. The van der Waals surface area contributed by atoms with Crippen molar-refractivity contribution in [2.24, 2.45) is 0 Å². The SMILES string of the molecule is CCCN(CC#N)CCCCCCO. The van der Waals surface area contributed by atoms with Gasteiger partial charge in [0.25, 0.3) is 0 Å². The highest BCUT2D eigenvalue weighted by atomic mass is 16.2. The summed E-state index contributed by atoms with van der Waals surface area (Å²) in [7, 11) is 0. The molecule has 0 atom stereocenters. The molecule has 0 heterocycles. The van der Waals surface area contributed by atoms with Crippen LogP contribution in [0.4, 0.5) is 0 Å². The van der Waals surface area contributed by atoms with Gasteiger partial charge in [0.05, 0.1) is 12.6 Å². The van der Waals surface area contributed by atoms with Crippen LogP contribution < -0.4 is 0 Å². The van der Waals surface area contributed by atoms with Gasteiger partial charge in [0.2, 0.25) is 0 Å². The number of unbranched alkanes of at least 4 members (excludes halogenated alkanes) is 3. The van der Waals surface area contributed by atoms with E-state index in [1.54, 1.807) is 0 Å². The molecular formula is C11H22N2O. The summed E-state index contributed by atoms with van der Waals surface area (Å²) in [5.74, 6) is 0. The lowest BCUT2D eigenvalue weighted by molar-refractivity contribution is 0.274. The molecular weight excluding hydrogens is 176 g/mol. The summed E-state index contributed by atoms with van der Waals surface area (Å²) in [4.78, 5) is 2.19. The molecule has 0 unspecified atom stereocenters. The molecule has 0 aromatic carbocycles. The highest BCUT2D eigenvalue weighted by molar-refractivity contribution is 4.75. The lowest BCUT2D eigenvalue weighted by Crippen LogP contribution is -2.26. The molecule has 0 amide bonds. The van der Waals surface area contributed by atoms with Gasteiger partial charge in [-0.1, -0.05) is 19.8 Å². The van der Waals surface area contributed by atoms with Gasteiger partial charge in [-0.15, -0.1) is 0 Å². The number of aliphatic hydroxyl groups excluding tert-OH is 1. The van der Waals surface area contributed by atoms with E-state index in [1.807, 2.05) is 0 Å². The van der Waals surface area contributed by atoms with Crippen LogP contribution in [0.5, 0.6) is 0 Å². The normalized spacial score (nSPS) is 10.4. The van der Waals surface area contributed by atoms with E-state index < -0.39 is 0 Å². The topological polar surface area (TPSA) is 47.3 Å². The van der Waals surface area contributed by atoms with Crippen LogP contribution in [0.25, 0.3) is 0 Å². The lowest BCUT2D eigenvalue weighted by atomic mass is 10.2. The Morgan fingerprint density at radius 3 is 2.43 bits per heavy atom. The molecule has 82 valence electrons. The highest BCUT2D eigenvalue weighted by Crippen LogP contribution is 2.01. The van der Waals surface area contributed by atoms with Crippen LogP contribution in [0.1, 0.15) is 39.0 Å². The molecule has 0 rings (SSSR count). The molecule has 0 aliphatic heterocycles. The van der Waals surface area contributed by atoms with Gasteiger partial charge >= 0.3 is 0 Å². The average Bonchev–Trinajstić information content (AvgIpc) is 2.18. The Bertz CT molecular complexity index is 154. The molecule has 3 nitrogen and oxygen atoms in total. The zero-order valence-corrected chi connectivity index (χ0v) is 9.21. The maximum atomic E-state index is 8.59. The lowest BCUT2D eigenvalue weighted by Gasteiger charge is -2.17. The molecule has 0 spiro atoms. The molecule has 14 heavy (non-hydrogen) atoms. The van der Waals surface area contributed by atoms with Gasteiger partial charge < -0.3 is 5.11 Å². The predicted molar refractivity (Wildman–Crippen MR) is 57.9 cm³/mol. The van der Waals surface area contributed by atoms with Gasteiger partial charge in [-0.2, -0.15) is 5.26 Å². The molecule has 0 saturated heterocycles. The smallest absolute Gasteiger partial charge is 0.0865 e. The third-order valence-corrected chi connectivity index (χ3v) is 2.22. The van der Waals surface area contributed by atoms with Gasteiger partial charge in [0, 0.05) is 6.61 Å². The van der Waals surface area contributed by atoms with Crippen molar-refractivity contribution in [1.82, 2.24) is 4.90 Å². The fraction of sp³-hybridized carbons (Fsp3) is 0.909. The molecule has 0 saturated carbocycles. The summed E-state index contributed by atoms with van der Waals surface area (Å²) in [5, 5.41) is 17.2. The molecule has 0 aromatic heterocycles. The van der Waals surface area contributed by atoms with Crippen molar-refractivity contribution in [1.29, 1.82) is 5.26 Å². The molecule has 3 heteroatoms. The number of hydrogen-bond acceptors (Lipinski definition) is 3. The van der Waals surface area contributed by atoms with Gasteiger partial charge in [-0.05, 0) is 32.4 Å². The van der Waals surface area contributed by atoms with Gasteiger partial charge in [-0.25, -0.2) is 0 Å². The Morgan fingerprint density at radius 2 is 1.86 bits per heavy atom. The second-order valence-corrected chi connectivity index (χ2v) is 3.57. The van der Waals surface area contributed by atoms with Crippen molar-refractivity contribution < 1.29 is 5.11 Å². The molecule has 0 radical (unpaired) electrons. The molecule has 0 bridgehead atoms. The number of rotatable bonds is 9. The van der Waals surface area contributed by atoms with E-state index in [2.05, 4.69) is 17.9 Å². The van der Waals surface area contributed by atoms with E-state index in [0.29, 0.717) is 13.2 Å². The van der Waals surface area contributed by atoms with Crippen LogP contribution in [0.2, 0.25) is 0 Å². The molecule has 0 aliphatic carbocycles. The van der Waals surface area contributed by atoms with E-state index in [0.717, 1.165) is 45.2 Å². The van der Waals surface area contributed by atoms with Gasteiger partial charge in [0.15, 0.2) is 0 Å². The zero-order chi connectivity index (χ0) is 10.6. The van der Waals surface area contributed by atoms with Crippen molar-refractivity contribution in [3.05, 3.63) is 0 Å². The van der Waals surface area contributed by atoms with Gasteiger partial charge in [-0.3, -0.25) is 4.90 Å². The summed E-state index contributed by atoms with van der Waals surface area (Å²) < 4.78 is 0. The first kappa shape index (κ1) is 13.4. The second-order valence-electron chi connectivity index (χ2n) is 3.57. The zero-order valence-electron chi connectivity index (χ0n) is 9.21. The molecule has 0 fully saturated rings. The summed E-state index contributed by atoms with van der Waals surface area (Å²) in [5.41, 5.74) is 0. The largest absolute Gasteiger partial charge is 0.396 e. The summed E-state index contributed by atoms with van der Waals surface area (Å²) in [6, 6.07) is 2.19. The first-order valence-electron chi connectivity index (χ1n) is 5.55. The summed E-state index contributed by atoms with van der Waals surface area (Å²) >= 11 is 0. The van der Waals surface area contributed by atoms with Crippen LogP contribution in [0, 0.1) is 11.3 Å². The number of nitrogens with zero attached hydrogens (tertiary/aromatic N) is 2. The molecule has 1 N–H and O–H groups in total. The predicted octanol–water partition coefficient (Wildman–Crippen LogP) is 1.77. The van der Waals surface area contributed by atoms with Crippen LogP contribution >= 0.6 is 0 Å². The van der Waals surface area contributed by atoms with Crippen molar-refractivity contribution in [2.45, 2.75) is 39.0 Å². The average molecular weight is 198 g/mol. The quantitative estimate of drug-likeness (QED) is 0.454. The van der Waals surface area contributed by atoms with Crippen molar-refractivity contribution in [2.75, 3.05) is 26.2 Å². The first-order valence-corrected chi connectivity index (χ1v) is 5.55. The fourth-order valence-corrected chi connectivity index (χ4v) is 1.49. The second kappa shape index (κ2) is 10.5. The van der Waals surface area contributed by atoms with Crippen LogP contribution in [-0.4, -0.2) is 36.2 Å².